The van der Waals surface area contributed by atoms with Gasteiger partial charge in [-0.3, -0.25) is 0 Å². The molecule has 0 saturated carbocycles. The fraction of sp³-hybridized carbons (Fsp3) is 0.500. The highest BCUT2D eigenvalue weighted by molar-refractivity contribution is 7.16. The summed E-state index contributed by atoms with van der Waals surface area (Å²) in [7, 11) is 0. The minimum absolute atomic E-state index is 0.374. The number of aromatic nitrogens is 2. The molecule has 0 aliphatic carbocycles. The van der Waals surface area contributed by atoms with Crippen LogP contribution < -0.4 is 5.73 Å². The Morgan fingerprint density at radius 3 is 2.78 bits per heavy atom. The van der Waals surface area contributed by atoms with E-state index in [1.54, 1.807) is 11.3 Å². The standard InChI is InChI=1S/C12H17N3O2S/c1-4-5-16-6-9-14-12(17-15-9)10-7(2)8(3)18-11(10)13/h4-6,13H2,1-3H3. The molecular formula is C12H17N3O2S. The Balaban J connectivity index is 2.19. The van der Waals surface area contributed by atoms with E-state index in [9.17, 15) is 0 Å². The Kier molecular flexibility index (Phi) is 3.98. The molecule has 0 aliphatic heterocycles. The van der Waals surface area contributed by atoms with Gasteiger partial charge < -0.3 is 15.0 Å². The number of thiophene rings is 1. The smallest absolute Gasteiger partial charge is 0.261 e. The highest BCUT2D eigenvalue weighted by Gasteiger charge is 2.18. The lowest BCUT2D eigenvalue weighted by molar-refractivity contribution is 0.114. The zero-order chi connectivity index (χ0) is 13.1. The highest BCUT2D eigenvalue weighted by atomic mass is 32.1. The Morgan fingerprint density at radius 1 is 1.39 bits per heavy atom. The van der Waals surface area contributed by atoms with Gasteiger partial charge in [-0.2, -0.15) is 4.98 Å². The van der Waals surface area contributed by atoms with Gasteiger partial charge in [-0.25, -0.2) is 0 Å². The highest BCUT2D eigenvalue weighted by Crippen LogP contribution is 2.36. The molecule has 0 amide bonds. The molecule has 2 rings (SSSR count). The topological polar surface area (TPSA) is 74.2 Å². The second-order valence-corrected chi connectivity index (χ2v) is 5.35. The molecule has 0 atom stereocenters. The summed E-state index contributed by atoms with van der Waals surface area (Å²) < 4.78 is 10.6. The first-order valence-electron chi connectivity index (χ1n) is 5.89. The molecule has 0 aliphatic rings. The third-order valence-electron chi connectivity index (χ3n) is 2.67. The molecule has 18 heavy (non-hydrogen) atoms. The van der Waals surface area contributed by atoms with Crippen LogP contribution in [0.25, 0.3) is 11.5 Å². The van der Waals surface area contributed by atoms with Crippen LogP contribution >= 0.6 is 11.3 Å². The van der Waals surface area contributed by atoms with Gasteiger partial charge >= 0.3 is 0 Å². The number of nitrogens with zero attached hydrogens (tertiary/aromatic N) is 2. The van der Waals surface area contributed by atoms with Crippen molar-refractivity contribution in [1.82, 2.24) is 10.1 Å². The fourth-order valence-corrected chi connectivity index (χ4v) is 2.57. The Labute approximate surface area is 110 Å². The molecular weight excluding hydrogens is 250 g/mol. The second kappa shape index (κ2) is 5.49. The molecule has 5 nitrogen and oxygen atoms in total. The van der Waals surface area contributed by atoms with Crippen molar-refractivity contribution in [3.05, 3.63) is 16.3 Å². The fourth-order valence-electron chi connectivity index (χ4n) is 1.64. The largest absolute Gasteiger partial charge is 0.390 e. The summed E-state index contributed by atoms with van der Waals surface area (Å²) in [5.41, 5.74) is 7.92. The predicted octanol–water partition coefficient (Wildman–Crippen LogP) is 2.92. The second-order valence-electron chi connectivity index (χ2n) is 4.09. The van der Waals surface area contributed by atoms with Crippen molar-refractivity contribution in [3.63, 3.8) is 0 Å². The molecule has 0 spiro atoms. The van der Waals surface area contributed by atoms with Gasteiger partial charge in [0.1, 0.15) is 6.61 Å². The molecule has 0 unspecified atom stereocenters. The van der Waals surface area contributed by atoms with Crippen LogP contribution in [-0.2, 0) is 11.3 Å². The van der Waals surface area contributed by atoms with Crippen LogP contribution in [0.3, 0.4) is 0 Å². The summed E-state index contributed by atoms with van der Waals surface area (Å²) in [4.78, 5) is 5.48. The maximum atomic E-state index is 5.96. The van der Waals surface area contributed by atoms with E-state index in [2.05, 4.69) is 17.1 Å². The van der Waals surface area contributed by atoms with E-state index >= 15 is 0 Å². The van der Waals surface area contributed by atoms with Crippen LogP contribution in [0.4, 0.5) is 5.00 Å². The first-order valence-corrected chi connectivity index (χ1v) is 6.71. The van der Waals surface area contributed by atoms with Gasteiger partial charge in [0.15, 0.2) is 5.82 Å². The average molecular weight is 267 g/mol. The van der Waals surface area contributed by atoms with E-state index in [4.69, 9.17) is 15.0 Å². The van der Waals surface area contributed by atoms with Crippen molar-refractivity contribution in [2.24, 2.45) is 0 Å². The van der Waals surface area contributed by atoms with E-state index in [-0.39, 0.29) is 0 Å². The van der Waals surface area contributed by atoms with Crippen molar-refractivity contribution in [2.75, 3.05) is 12.3 Å². The summed E-state index contributed by atoms with van der Waals surface area (Å²) in [6.45, 7) is 7.17. The third kappa shape index (κ3) is 2.54. The molecule has 0 fully saturated rings. The monoisotopic (exact) mass is 267 g/mol. The van der Waals surface area contributed by atoms with Gasteiger partial charge in [0, 0.05) is 11.5 Å². The minimum atomic E-state index is 0.374. The van der Waals surface area contributed by atoms with Crippen LogP contribution in [0.15, 0.2) is 4.52 Å². The normalized spacial score (nSPS) is 11.1. The van der Waals surface area contributed by atoms with Crippen molar-refractivity contribution < 1.29 is 9.26 Å². The van der Waals surface area contributed by atoms with E-state index in [1.165, 1.54) is 4.88 Å². The average Bonchev–Trinajstić information content (AvgIpc) is 2.86. The van der Waals surface area contributed by atoms with E-state index in [0.717, 1.165) is 22.5 Å². The molecule has 0 aromatic carbocycles. The predicted molar refractivity (Wildman–Crippen MR) is 71.4 cm³/mol. The first kappa shape index (κ1) is 13.0. The summed E-state index contributed by atoms with van der Waals surface area (Å²) in [6, 6.07) is 0. The number of rotatable bonds is 5. The Bertz CT molecular complexity index is 533. The summed E-state index contributed by atoms with van der Waals surface area (Å²) >= 11 is 1.54. The molecule has 2 aromatic heterocycles. The summed E-state index contributed by atoms with van der Waals surface area (Å²) in [5, 5.41) is 4.61. The Hall–Kier alpha value is -1.40. The number of aryl methyl sites for hydroxylation is 1. The van der Waals surface area contributed by atoms with Crippen LogP contribution in [0.1, 0.15) is 29.6 Å². The molecule has 0 saturated heterocycles. The van der Waals surface area contributed by atoms with Crippen molar-refractivity contribution in [1.29, 1.82) is 0 Å². The van der Waals surface area contributed by atoms with Crippen LogP contribution in [0.5, 0.6) is 0 Å². The molecule has 2 aromatic rings. The van der Waals surface area contributed by atoms with Gasteiger partial charge in [-0.1, -0.05) is 12.1 Å². The molecule has 0 radical (unpaired) electrons. The van der Waals surface area contributed by atoms with Crippen molar-refractivity contribution in [3.8, 4) is 11.5 Å². The third-order valence-corrected chi connectivity index (χ3v) is 3.71. The molecule has 2 heterocycles. The first-order chi connectivity index (χ1) is 8.63. The number of ether oxygens (including phenoxy) is 1. The quantitative estimate of drug-likeness (QED) is 0.843. The maximum Gasteiger partial charge on any atom is 0.261 e. The van der Waals surface area contributed by atoms with E-state index < -0.39 is 0 Å². The number of hydrogen-bond acceptors (Lipinski definition) is 6. The van der Waals surface area contributed by atoms with Crippen LogP contribution in [0.2, 0.25) is 0 Å². The maximum absolute atomic E-state index is 5.96. The lowest BCUT2D eigenvalue weighted by Gasteiger charge is -1.96. The van der Waals surface area contributed by atoms with Gasteiger partial charge in [-0.15, -0.1) is 11.3 Å². The molecule has 0 bridgehead atoms. The SMILES string of the molecule is CCCOCc1noc(-c2c(N)sc(C)c2C)n1. The lowest BCUT2D eigenvalue weighted by atomic mass is 10.1. The van der Waals surface area contributed by atoms with Gasteiger partial charge in [0.2, 0.25) is 0 Å². The minimum Gasteiger partial charge on any atom is -0.390 e. The van der Waals surface area contributed by atoms with Crippen molar-refractivity contribution in [2.45, 2.75) is 33.8 Å². The Morgan fingerprint density at radius 2 is 2.17 bits per heavy atom. The number of anilines is 1. The van der Waals surface area contributed by atoms with Gasteiger partial charge in [-0.05, 0) is 25.8 Å². The van der Waals surface area contributed by atoms with Crippen molar-refractivity contribution >= 4 is 16.3 Å². The lowest BCUT2D eigenvalue weighted by Crippen LogP contribution is -1.96. The number of nitrogens with two attached hydrogens (primary N) is 1. The molecule has 6 heteroatoms. The van der Waals surface area contributed by atoms with Crippen LogP contribution in [-0.4, -0.2) is 16.7 Å². The zero-order valence-corrected chi connectivity index (χ0v) is 11.6. The summed E-state index contributed by atoms with van der Waals surface area (Å²) in [6.07, 6.45) is 0.973. The molecule has 98 valence electrons. The van der Waals surface area contributed by atoms with E-state index in [0.29, 0.717) is 24.9 Å². The number of hydrogen-bond donors (Lipinski definition) is 1. The molecule has 2 N–H and O–H groups in total. The zero-order valence-electron chi connectivity index (χ0n) is 10.8. The number of nitrogen functional groups attached to an aromatic ring is 1. The van der Waals surface area contributed by atoms with E-state index in [1.807, 2.05) is 13.8 Å². The van der Waals surface area contributed by atoms with Gasteiger partial charge in [0.25, 0.3) is 5.89 Å². The van der Waals surface area contributed by atoms with Gasteiger partial charge in [0.05, 0.1) is 10.6 Å². The summed E-state index contributed by atoms with van der Waals surface area (Å²) in [5.74, 6) is 1.03. The van der Waals surface area contributed by atoms with Crippen LogP contribution in [0, 0.1) is 13.8 Å².